The van der Waals surface area contributed by atoms with E-state index in [9.17, 15) is 4.79 Å². The van der Waals surface area contributed by atoms with Crippen molar-refractivity contribution in [3.8, 4) is 5.75 Å². The van der Waals surface area contributed by atoms with Gasteiger partial charge in [-0.3, -0.25) is 0 Å². The minimum atomic E-state index is -0.334. The van der Waals surface area contributed by atoms with Crippen LogP contribution in [-0.4, -0.2) is 25.2 Å². The van der Waals surface area contributed by atoms with Gasteiger partial charge in [-0.05, 0) is 37.5 Å². The lowest BCUT2D eigenvalue weighted by Crippen LogP contribution is -2.18. The lowest BCUT2D eigenvalue weighted by atomic mass is 10.2. The van der Waals surface area contributed by atoms with Crippen molar-refractivity contribution in [1.82, 2.24) is 5.32 Å². The van der Waals surface area contributed by atoms with Gasteiger partial charge in [0.1, 0.15) is 5.75 Å². The number of ether oxygens (including phenoxy) is 2. The van der Waals surface area contributed by atoms with E-state index in [0.29, 0.717) is 30.0 Å². The highest BCUT2D eigenvalue weighted by Gasteiger charge is 2.20. The predicted molar refractivity (Wildman–Crippen MR) is 82.7 cm³/mol. The summed E-state index contributed by atoms with van der Waals surface area (Å²) in [4.78, 5) is 11.6. The molecule has 1 aromatic carbocycles. The highest BCUT2D eigenvalue weighted by atomic mass is 35.5. The van der Waals surface area contributed by atoms with Crippen molar-refractivity contribution in [1.29, 1.82) is 0 Å². The molecule has 5 heteroatoms. The molecular formula is C16H22ClNO3. The molecule has 0 spiro atoms. The fraction of sp³-hybridized carbons (Fsp3) is 0.562. The minimum absolute atomic E-state index is 0.0677. The number of unbranched alkanes of at least 4 members (excludes halogenated alkanes) is 1. The van der Waals surface area contributed by atoms with E-state index in [0.717, 1.165) is 18.4 Å². The summed E-state index contributed by atoms with van der Waals surface area (Å²) in [5.41, 5.74) is 0.968. The van der Waals surface area contributed by atoms with Crippen LogP contribution in [0, 0.1) is 0 Å². The maximum Gasteiger partial charge on any atom is 0.344 e. The molecule has 0 unspecified atom stereocenters. The number of nitrogens with one attached hydrogen (secondary N) is 1. The molecule has 0 aliphatic heterocycles. The zero-order valence-electron chi connectivity index (χ0n) is 12.4. The number of halogens is 1. The first-order chi connectivity index (χ1) is 10.2. The van der Waals surface area contributed by atoms with Crippen molar-refractivity contribution in [2.75, 3.05) is 13.2 Å². The van der Waals surface area contributed by atoms with Crippen LogP contribution in [0.15, 0.2) is 18.2 Å². The maximum absolute atomic E-state index is 11.6. The van der Waals surface area contributed by atoms with Gasteiger partial charge >= 0.3 is 5.97 Å². The molecule has 21 heavy (non-hydrogen) atoms. The number of hydrogen-bond acceptors (Lipinski definition) is 4. The summed E-state index contributed by atoms with van der Waals surface area (Å²) in [6.45, 7) is 3.14. The van der Waals surface area contributed by atoms with Crippen LogP contribution in [0.4, 0.5) is 0 Å². The average Bonchev–Trinajstić information content (AvgIpc) is 3.28. The first-order valence-corrected chi connectivity index (χ1v) is 7.87. The number of carbonyl (C=O) groups is 1. The highest BCUT2D eigenvalue weighted by molar-refractivity contribution is 6.30. The Labute approximate surface area is 130 Å². The van der Waals surface area contributed by atoms with Gasteiger partial charge < -0.3 is 14.8 Å². The Balaban J connectivity index is 1.84. The molecule has 1 N–H and O–H groups in total. The Morgan fingerprint density at radius 2 is 2.24 bits per heavy atom. The molecule has 0 heterocycles. The van der Waals surface area contributed by atoms with Gasteiger partial charge in [0.2, 0.25) is 0 Å². The van der Waals surface area contributed by atoms with E-state index in [1.807, 2.05) is 6.07 Å². The number of benzene rings is 1. The van der Waals surface area contributed by atoms with Crippen molar-refractivity contribution in [3.63, 3.8) is 0 Å². The topological polar surface area (TPSA) is 47.6 Å². The number of rotatable bonds is 9. The molecule has 116 valence electrons. The van der Waals surface area contributed by atoms with Crippen LogP contribution >= 0.6 is 11.6 Å². The van der Waals surface area contributed by atoms with E-state index in [4.69, 9.17) is 21.1 Å². The largest absolute Gasteiger partial charge is 0.482 e. The van der Waals surface area contributed by atoms with Crippen LogP contribution in [0.25, 0.3) is 0 Å². The van der Waals surface area contributed by atoms with Gasteiger partial charge in [0.25, 0.3) is 0 Å². The van der Waals surface area contributed by atoms with Crippen molar-refractivity contribution >= 4 is 17.6 Å². The molecule has 1 aliphatic rings. The summed E-state index contributed by atoms with van der Waals surface area (Å²) in [5.74, 6) is 0.347. The molecule has 1 fully saturated rings. The summed E-state index contributed by atoms with van der Waals surface area (Å²) in [5, 5.41) is 4.08. The van der Waals surface area contributed by atoms with Crippen LogP contribution in [-0.2, 0) is 16.1 Å². The third kappa shape index (κ3) is 5.94. The van der Waals surface area contributed by atoms with Gasteiger partial charge in [0.15, 0.2) is 6.61 Å². The third-order valence-corrected chi connectivity index (χ3v) is 3.52. The second-order valence-electron chi connectivity index (χ2n) is 5.27. The molecule has 2 rings (SSSR count). The van der Waals surface area contributed by atoms with Crippen molar-refractivity contribution in [2.24, 2.45) is 0 Å². The molecular weight excluding hydrogens is 290 g/mol. The molecule has 1 saturated carbocycles. The van der Waals surface area contributed by atoms with E-state index >= 15 is 0 Å². The minimum Gasteiger partial charge on any atom is -0.482 e. The second kappa shape index (κ2) is 8.25. The van der Waals surface area contributed by atoms with Crippen LogP contribution in [0.5, 0.6) is 5.75 Å². The first-order valence-electron chi connectivity index (χ1n) is 7.49. The zero-order valence-corrected chi connectivity index (χ0v) is 13.1. The van der Waals surface area contributed by atoms with Gasteiger partial charge in [-0.1, -0.05) is 24.9 Å². The number of carbonyl (C=O) groups excluding carboxylic acids is 1. The summed E-state index contributed by atoms with van der Waals surface area (Å²) >= 11 is 6.02. The standard InChI is InChI=1S/C16H22ClNO3/c1-2-3-8-20-16(19)11-21-15-7-4-13(17)9-12(15)10-18-14-5-6-14/h4,7,9,14,18H,2-3,5-6,8,10-11H2,1H3. The third-order valence-electron chi connectivity index (χ3n) is 3.29. The van der Waals surface area contributed by atoms with Crippen LogP contribution in [0.3, 0.4) is 0 Å². The van der Waals surface area contributed by atoms with Crippen molar-refractivity contribution < 1.29 is 14.3 Å². The molecule has 0 saturated heterocycles. The normalized spacial score (nSPS) is 14.0. The summed E-state index contributed by atoms with van der Waals surface area (Å²) in [6, 6.07) is 6.04. The molecule has 0 aromatic heterocycles. The lowest BCUT2D eigenvalue weighted by molar-refractivity contribution is -0.146. The Hall–Kier alpha value is -1.26. The highest BCUT2D eigenvalue weighted by Crippen LogP contribution is 2.25. The van der Waals surface area contributed by atoms with Gasteiger partial charge in [-0.15, -0.1) is 0 Å². The smallest absolute Gasteiger partial charge is 0.344 e. The Bertz CT molecular complexity index is 475. The monoisotopic (exact) mass is 311 g/mol. The van der Waals surface area contributed by atoms with E-state index in [2.05, 4.69) is 12.2 Å². The van der Waals surface area contributed by atoms with Crippen LogP contribution in [0.1, 0.15) is 38.2 Å². The summed E-state index contributed by atoms with van der Waals surface area (Å²) in [7, 11) is 0. The molecule has 0 atom stereocenters. The molecule has 0 bridgehead atoms. The van der Waals surface area contributed by atoms with E-state index in [-0.39, 0.29) is 12.6 Å². The predicted octanol–water partition coefficient (Wildman–Crippen LogP) is 3.31. The summed E-state index contributed by atoms with van der Waals surface area (Å²) < 4.78 is 10.6. The van der Waals surface area contributed by atoms with Crippen LogP contribution in [0.2, 0.25) is 5.02 Å². The van der Waals surface area contributed by atoms with E-state index < -0.39 is 0 Å². The molecule has 1 aromatic rings. The lowest BCUT2D eigenvalue weighted by Gasteiger charge is -2.12. The van der Waals surface area contributed by atoms with E-state index in [1.165, 1.54) is 12.8 Å². The number of esters is 1. The molecule has 0 amide bonds. The van der Waals surface area contributed by atoms with Gasteiger partial charge in [-0.25, -0.2) is 4.79 Å². The van der Waals surface area contributed by atoms with Crippen molar-refractivity contribution in [2.45, 2.75) is 45.2 Å². The maximum atomic E-state index is 11.6. The molecule has 0 radical (unpaired) electrons. The molecule has 1 aliphatic carbocycles. The van der Waals surface area contributed by atoms with E-state index in [1.54, 1.807) is 12.1 Å². The fourth-order valence-electron chi connectivity index (χ4n) is 1.88. The summed E-state index contributed by atoms with van der Waals surface area (Å²) in [6.07, 6.45) is 4.33. The van der Waals surface area contributed by atoms with Gasteiger partial charge in [-0.2, -0.15) is 0 Å². The number of hydrogen-bond donors (Lipinski definition) is 1. The van der Waals surface area contributed by atoms with Crippen molar-refractivity contribution in [3.05, 3.63) is 28.8 Å². The SMILES string of the molecule is CCCCOC(=O)COc1ccc(Cl)cc1CNC1CC1. The second-order valence-corrected chi connectivity index (χ2v) is 5.71. The average molecular weight is 312 g/mol. The Morgan fingerprint density at radius 3 is 2.95 bits per heavy atom. The fourth-order valence-corrected chi connectivity index (χ4v) is 2.07. The quantitative estimate of drug-likeness (QED) is 0.561. The van der Waals surface area contributed by atoms with Gasteiger partial charge in [0.05, 0.1) is 6.61 Å². The van der Waals surface area contributed by atoms with Gasteiger partial charge in [0, 0.05) is 23.2 Å². The van der Waals surface area contributed by atoms with Crippen LogP contribution < -0.4 is 10.1 Å². The Morgan fingerprint density at radius 1 is 1.43 bits per heavy atom. The molecule has 4 nitrogen and oxygen atoms in total. The zero-order chi connectivity index (χ0) is 15.1. The Kier molecular flexibility index (Phi) is 6.33. The first kappa shape index (κ1) is 16.1.